The number of para-hydroxylation sites is 2. The normalized spacial score (nSPS) is 14.9. The van der Waals surface area contributed by atoms with E-state index in [4.69, 9.17) is 0 Å². The van der Waals surface area contributed by atoms with E-state index in [1.165, 1.54) is 10.4 Å². The number of anilines is 1. The van der Waals surface area contributed by atoms with Crippen molar-refractivity contribution in [1.29, 1.82) is 0 Å². The van der Waals surface area contributed by atoms with Gasteiger partial charge in [0.1, 0.15) is 5.82 Å². The third kappa shape index (κ3) is 4.30. The molecule has 4 rings (SSSR count). The number of nitrogens with zero attached hydrogens (tertiary/aromatic N) is 4. The molecule has 0 unspecified atom stereocenters. The third-order valence-corrected chi connectivity index (χ3v) is 5.33. The van der Waals surface area contributed by atoms with Gasteiger partial charge in [0.15, 0.2) is 0 Å². The summed E-state index contributed by atoms with van der Waals surface area (Å²) in [6.45, 7) is 6.11. The maximum atomic E-state index is 12.7. The smallest absolute Gasteiger partial charge is 0.280 e. The van der Waals surface area contributed by atoms with Gasteiger partial charge in [-0.05, 0) is 31.2 Å². The minimum atomic E-state index is -0.252. The van der Waals surface area contributed by atoms with Crippen LogP contribution < -0.4 is 15.9 Å². The average molecular weight is 391 g/mol. The van der Waals surface area contributed by atoms with E-state index in [0.29, 0.717) is 29.7 Å². The number of aryl methyl sites for hydroxylation is 1. The molecule has 150 valence electrons. The summed E-state index contributed by atoms with van der Waals surface area (Å²) >= 11 is 0. The Kier molecular flexibility index (Phi) is 5.57. The summed E-state index contributed by atoms with van der Waals surface area (Å²) in [5.41, 5.74) is 4.33. The summed E-state index contributed by atoms with van der Waals surface area (Å²) in [5, 5.41) is 0.496. The summed E-state index contributed by atoms with van der Waals surface area (Å²) < 4.78 is 1.25. The predicted octanol–water partition coefficient (Wildman–Crippen LogP) is 1.99. The predicted molar refractivity (Wildman–Crippen MR) is 115 cm³/mol. The van der Waals surface area contributed by atoms with Gasteiger partial charge in [-0.3, -0.25) is 19.9 Å². The highest BCUT2D eigenvalue weighted by atomic mass is 16.2. The fraction of sp³-hybridized carbons (Fsp3) is 0.318. The Morgan fingerprint density at radius 1 is 1.00 bits per heavy atom. The molecule has 1 fully saturated rings. The van der Waals surface area contributed by atoms with Gasteiger partial charge in [0.25, 0.3) is 5.56 Å². The van der Waals surface area contributed by atoms with Crippen LogP contribution >= 0.6 is 0 Å². The number of benzene rings is 2. The van der Waals surface area contributed by atoms with Gasteiger partial charge >= 0.3 is 0 Å². The molecule has 0 atom stereocenters. The maximum absolute atomic E-state index is 12.7. The van der Waals surface area contributed by atoms with Gasteiger partial charge in [0.05, 0.1) is 10.9 Å². The lowest BCUT2D eigenvalue weighted by atomic mass is 10.2. The summed E-state index contributed by atoms with van der Waals surface area (Å²) in [7, 11) is 0. The van der Waals surface area contributed by atoms with Gasteiger partial charge in [0, 0.05) is 44.8 Å². The molecule has 1 aliphatic heterocycles. The molecule has 2 heterocycles. The Morgan fingerprint density at radius 3 is 2.45 bits per heavy atom. The number of carbonyl (C=O) groups excluding carboxylic acids is 1. The molecule has 3 aromatic rings. The van der Waals surface area contributed by atoms with Crippen molar-refractivity contribution in [3.05, 3.63) is 70.8 Å². The minimum Gasteiger partial charge on any atom is -0.369 e. The standard InChI is InChI=1S/C22H25N5O2/c1-17-23-20-10-6-5-9-19(20)22(29)27(17)24-21(28)11-12-25-13-15-26(16-14-25)18-7-3-2-4-8-18/h2-10H,11-16H2,1H3,(H,24,28). The van der Waals surface area contributed by atoms with Crippen LogP contribution in [0.3, 0.4) is 0 Å². The highest BCUT2D eigenvalue weighted by molar-refractivity contribution is 5.84. The number of carbonyl (C=O) groups is 1. The van der Waals surface area contributed by atoms with Crippen molar-refractivity contribution in [2.24, 2.45) is 0 Å². The number of rotatable bonds is 5. The lowest BCUT2D eigenvalue weighted by molar-refractivity contribution is -0.117. The zero-order chi connectivity index (χ0) is 20.2. The lowest BCUT2D eigenvalue weighted by Gasteiger charge is -2.36. The molecule has 1 N–H and O–H groups in total. The van der Waals surface area contributed by atoms with Crippen LogP contribution in [0.1, 0.15) is 12.2 Å². The molecule has 1 amide bonds. The Hall–Kier alpha value is -3.19. The van der Waals surface area contributed by atoms with Crippen molar-refractivity contribution >= 4 is 22.5 Å². The van der Waals surface area contributed by atoms with Gasteiger partial charge in [-0.15, -0.1) is 0 Å². The van der Waals surface area contributed by atoms with Crippen LogP contribution in [0.25, 0.3) is 10.9 Å². The molecule has 0 bridgehead atoms. The van der Waals surface area contributed by atoms with Gasteiger partial charge < -0.3 is 4.90 Å². The van der Waals surface area contributed by atoms with Crippen molar-refractivity contribution < 1.29 is 4.79 Å². The van der Waals surface area contributed by atoms with E-state index in [-0.39, 0.29) is 11.5 Å². The number of fused-ring (bicyclic) bond motifs is 1. The van der Waals surface area contributed by atoms with Gasteiger partial charge in [-0.25, -0.2) is 9.66 Å². The number of amides is 1. The van der Waals surface area contributed by atoms with E-state index in [2.05, 4.69) is 44.5 Å². The van der Waals surface area contributed by atoms with Crippen LogP contribution in [-0.4, -0.2) is 53.2 Å². The molecule has 7 heteroatoms. The van der Waals surface area contributed by atoms with Crippen LogP contribution in [0.4, 0.5) is 5.69 Å². The van der Waals surface area contributed by atoms with Crippen molar-refractivity contribution in [1.82, 2.24) is 14.6 Å². The summed E-state index contributed by atoms with van der Waals surface area (Å²) in [5.74, 6) is 0.288. The number of nitrogens with one attached hydrogen (secondary N) is 1. The highest BCUT2D eigenvalue weighted by Crippen LogP contribution is 2.15. The second-order valence-electron chi connectivity index (χ2n) is 7.27. The molecular weight excluding hydrogens is 366 g/mol. The SMILES string of the molecule is Cc1nc2ccccc2c(=O)n1NC(=O)CCN1CCN(c2ccccc2)CC1. The van der Waals surface area contributed by atoms with Crippen LogP contribution in [0, 0.1) is 6.92 Å². The molecule has 0 spiro atoms. The number of aromatic nitrogens is 2. The molecule has 2 aromatic carbocycles. The van der Waals surface area contributed by atoms with Crippen LogP contribution in [-0.2, 0) is 4.79 Å². The molecule has 0 saturated carbocycles. The first-order valence-corrected chi connectivity index (χ1v) is 9.92. The van der Waals surface area contributed by atoms with Gasteiger partial charge in [-0.2, -0.15) is 0 Å². The van der Waals surface area contributed by atoms with E-state index in [1.807, 2.05) is 12.1 Å². The first-order valence-electron chi connectivity index (χ1n) is 9.92. The quantitative estimate of drug-likeness (QED) is 0.720. The number of hydrogen-bond donors (Lipinski definition) is 1. The molecule has 0 aliphatic carbocycles. The molecule has 29 heavy (non-hydrogen) atoms. The van der Waals surface area contributed by atoms with Gasteiger partial charge in [-0.1, -0.05) is 30.3 Å². The zero-order valence-corrected chi connectivity index (χ0v) is 16.5. The van der Waals surface area contributed by atoms with Crippen molar-refractivity contribution in [2.45, 2.75) is 13.3 Å². The van der Waals surface area contributed by atoms with Crippen molar-refractivity contribution in [3.63, 3.8) is 0 Å². The van der Waals surface area contributed by atoms with E-state index in [1.54, 1.807) is 25.1 Å². The Bertz CT molecular complexity index is 1060. The zero-order valence-electron chi connectivity index (χ0n) is 16.5. The maximum Gasteiger partial charge on any atom is 0.280 e. The minimum absolute atomic E-state index is 0.183. The molecule has 7 nitrogen and oxygen atoms in total. The Labute approximate surface area is 169 Å². The van der Waals surface area contributed by atoms with E-state index >= 15 is 0 Å². The van der Waals surface area contributed by atoms with Crippen LogP contribution in [0.2, 0.25) is 0 Å². The molecule has 1 saturated heterocycles. The Morgan fingerprint density at radius 2 is 1.69 bits per heavy atom. The Balaban J connectivity index is 1.32. The van der Waals surface area contributed by atoms with E-state index in [0.717, 1.165) is 26.2 Å². The van der Waals surface area contributed by atoms with Crippen molar-refractivity contribution in [3.8, 4) is 0 Å². The lowest BCUT2D eigenvalue weighted by Crippen LogP contribution is -2.47. The molecule has 1 aromatic heterocycles. The van der Waals surface area contributed by atoms with Crippen LogP contribution in [0.15, 0.2) is 59.4 Å². The molecule has 0 radical (unpaired) electrons. The fourth-order valence-electron chi connectivity index (χ4n) is 3.68. The highest BCUT2D eigenvalue weighted by Gasteiger charge is 2.18. The first kappa shape index (κ1) is 19.1. The average Bonchev–Trinajstić information content (AvgIpc) is 2.76. The number of piperazine rings is 1. The first-order chi connectivity index (χ1) is 14.1. The second kappa shape index (κ2) is 8.45. The molecular formula is C22H25N5O2. The summed E-state index contributed by atoms with van der Waals surface area (Å²) in [6, 6.07) is 17.5. The summed E-state index contributed by atoms with van der Waals surface area (Å²) in [4.78, 5) is 34.2. The molecule has 1 aliphatic rings. The fourth-order valence-corrected chi connectivity index (χ4v) is 3.68. The van der Waals surface area contributed by atoms with Crippen molar-refractivity contribution in [2.75, 3.05) is 43.0 Å². The van der Waals surface area contributed by atoms with Crippen LogP contribution in [0.5, 0.6) is 0 Å². The van der Waals surface area contributed by atoms with E-state index < -0.39 is 0 Å². The largest absolute Gasteiger partial charge is 0.369 e. The number of hydrogen-bond acceptors (Lipinski definition) is 5. The van der Waals surface area contributed by atoms with E-state index in [9.17, 15) is 9.59 Å². The van der Waals surface area contributed by atoms with Gasteiger partial charge in [0.2, 0.25) is 5.91 Å². The monoisotopic (exact) mass is 391 g/mol. The third-order valence-electron chi connectivity index (χ3n) is 5.33. The second-order valence-corrected chi connectivity index (χ2v) is 7.27. The topological polar surface area (TPSA) is 70.5 Å². The summed E-state index contributed by atoms with van der Waals surface area (Å²) in [6.07, 6.45) is 0.337.